The first-order valence-electron chi connectivity index (χ1n) is 20.0. The highest BCUT2D eigenvalue weighted by Crippen LogP contribution is 2.50. The van der Waals surface area contributed by atoms with Crippen LogP contribution in [0.1, 0.15) is 43.4 Å². The second-order valence-corrected chi connectivity index (χ2v) is 19.3. The molecule has 6 rings (SSSR count). The number of aliphatic hydroxyl groups excluding tert-OH is 1. The molecule has 2 fully saturated rings. The van der Waals surface area contributed by atoms with Crippen LogP contribution < -0.4 is 10.1 Å². The van der Waals surface area contributed by atoms with E-state index in [0.717, 1.165) is 16.7 Å². The van der Waals surface area contributed by atoms with Gasteiger partial charge in [0.15, 0.2) is 6.29 Å². The van der Waals surface area contributed by atoms with Crippen molar-refractivity contribution in [3.8, 4) is 5.75 Å². The third kappa shape index (κ3) is 12.5. The van der Waals surface area contributed by atoms with Gasteiger partial charge in [0.1, 0.15) is 18.2 Å². The van der Waals surface area contributed by atoms with Crippen molar-refractivity contribution in [3.05, 3.63) is 132 Å². The number of hydrogen-bond donors (Lipinski definition) is 2. The molecule has 4 aromatic rings. The van der Waals surface area contributed by atoms with Gasteiger partial charge in [-0.05, 0) is 74.1 Å². The summed E-state index contributed by atoms with van der Waals surface area (Å²) in [6.45, 7) is 3.74. The van der Waals surface area contributed by atoms with Gasteiger partial charge in [0.2, 0.25) is 10.0 Å². The van der Waals surface area contributed by atoms with Gasteiger partial charge in [0.05, 0.1) is 56.5 Å². The molecule has 5 atom stereocenters. The van der Waals surface area contributed by atoms with Crippen LogP contribution in [-0.4, -0.2) is 93.8 Å². The number of nitrogens with zero attached hydrogens (tertiary/aromatic N) is 1. The lowest BCUT2D eigenvalue weighted by Crippen LogP contribution is -2.56. The number of β-amino-alcohol motifs (C(OH)–C–C–N with tert-alkyl or cyclic N) is 1. The number of fused-ring (bicyclic) bond motifs is 1. The highest BCUT2D eigenvalue weighted by atomic mass is 32.2. The molecule has 0 bridgehead atoms. The number of carbonyl (C=O) groups excluding carboxylic acids is 1. The summed E-state index contributed by atoms with van der Waals surface area (Å²) in [5.74, 6) is 0.372. The molecule has 2 heterocycles. The van der Waals surface area contributed by atoms with Crippen LogP contribution in [0.25, 0.3) is 0 Å². The van der Waals surface area contributed by atoms with Gasteiger partial charge < -0.3 is 43.2 Å². The van der Waals surface area contributed by atoms with Crippen molar-refractivity contribution < 1.29 is 55.6 Å². The molecule has 2 N–H and O–H groups in total. The van der Waals surface area contributed by atoms with E-state index in [-0.39, 0.29) is 56.4 Å². The molecular formula is C44H55N2O12PS. The SMILES string of the molecule is COc1ccc(S(=O)(=O)N(C[C@@H](O)[C@H](Cc2ccccc2)NC(=O)OC2CO[C@H]3OCC[C@@H]23)C(C)(C)CCOCP(=O)(OCc2ccccc2)OCc2ccccc2)cc1. The first kappa shape index (κ1) is 45.4. The van der Waals surface area contributed by atoms with E-state index < -0.39 is 60.3 Å². The third-order valence-corrected chi connectivity index (χ3v) is 14.3. The first-order valence-corrected chi connectivity index (χ1v) is 23.1. The van der Waals surface area contributed by atoms with Crippen molar-refractivity contribution in [1.29, 1.82) is 0 Å². The van der Waals surface area contributed by atoms with E-state index in [1.807, 2.05) is 91.0 Å². The Hall–Kier alpha value is -4.15. The van der Waals surface area contributed by atoms with Crippen molar-refractivity contribution in [2.24, 2.45) is 5.92 Å². The number of methoxy groups -OCH3 is 1. The minimum absolute atomic E-state index is 0.0285. The fourth-order valence-corrected chi connectivity index (χ4v) is 10.2. The number of ether oxygens (including phenoxy) is 5. The maximum Gasteiger partial charge on any atom is 0.407 e. The Kier molecular flexibility index (Phi) is 15.9. The van der Waals surface area contributed by atoms with Crippen LogP contribution in [0, 0.1) is 5.92 Å². The smallest absolute Gasteiger partial charge is 0.407 e. The normalized spacial score (nSPS) is 19.1. The molecule has 324 valence electrons. The van der Waals surface area contributed by atoms with Crippen molar-refractivity contribution in [2.75, 3.05) is 39.8 Å². The average molecular weight is 867 g/mol. The van der Waals surface area contributed by atoms with Crippen LogP contribution in [0.2, 0.25) is 0 Å². The summed E-state index contributed by atoms with van der Waals surface area (Å²) in [5.41, 5.74) is 1.22. The molecule has 2 aliphatic rings. The van der Waals surface area contributed by atoms with Crippen LogP contribution >= 0.6 is 7.60 Å². The van der Waals surface area contributed by atoms with Gasteiger partial charge in [-0.25, -0.2) is 13.2 Å². The number of amides is 1. The molecule has 14 nitrogen and oxygen atoms in total. The highest BCUT2D eigenvalue weighted by Gasteiger charge is 2.45. The lowest BCUT2D eigenvalue weighted by Gasteiger charge is -2.40. The van der Waals surface area contributed by atoms with Crippen LogP contribution in [0.5, 0.6) is 5.75 Å². The van der Waals surface area contributed by atoms with E-state index >= 15 is 0 Å². The number of alkyl carbamates (subject to hydrolysis) is 1. The standard InChI is InChI=1S/C44H55N2O12PS/c1-44(2,24-26-53-32-59(49,56-29-34-15-9-5-10-16-34)57-30-35-17-11-6-12-18-35)46(60(50,51)37-21-19-36(52-3)20-22-37)28-40(47)39(27-33-13-7-4-8-14-33)45-43(48)58-41-31-55-42-38(41)23-25-54-42/h4-22,38-42,47H,23-32H2,1-3H3,(H,45,48)/t38-,39-,40+,41?,42+/m0/s1. The Morgan fingerprint density at radius 3 is 2.05 bits per heavy atom. The molecule has 2 aliphatic heterocycles. The Labute approximate surface area is 352 Å². The zero-order chi connectivity index (χ0) is 42.6. The summed E-state index contributed by atoms with van der Waals surface area (Å²) in [5, 5.41) is 14.8. The Bertz CT molecular complexity index is 2050. The molecule has 0 saturated carbocycles. The summed E-state index contributed by atoms with van der Waals surface area (Å²) in [6.07, 6.45) is -2.54. The quantitative estimate of drug-likeness (QED) is 0.0620. The predicted molar refractivity (Wildman–Crippen MR) is 224 cm³/mol. The summed E-state index contributed by atoms with van der Waals surface area (Å²) < 4.78 is 84.5. The maximum absolute atomic E-state index is 14.6. The molecule has 4 aromatic carbocycles. The minimum Gasteiger partial charge on any atom is -0.497 e. The number of hydrogen-bond acceptors (Lipinski definition) is 12. The summed E-state index contributed by atoms with van der Waals surface area (Å²) in [7, 11) is -6.64. The van der Waals surface area contributed by atoms with Gasteiger partial charge in [-0.3, -0.25) is 4.57 Å². The van der Waals surface area contributed by atoms with Crippen LogP contribution in [0.4, 0.5) is 4.79 Å². The molecular weight excluding hydrogens is 812 g/mol. The fourth-order valence-electron chi connectivity index (χ4n) is 7.09. The van der Waals surface area contributed by atoms with Crippen molar-refractivity contribution in [1.82, 2.24) is 9.62 Å². The molecule has 1 amide bonds. The van der Waals surface area contributed by atoms with Crippen molar-refractivity contribution in [2.45, 2.75) is 81.3 Å². The van der Waals surface area contributed by atoms with Gasteiger partial charge in [-0.2, -0.15) is 4.31 Å². The van der Waals surface area contributed by atoms with E-state index in [1.54, 1.807) is 26.0 Å². The van der Waals surface area contributed by atoms with E-state index in [2.05, 4.69) is 5.32 Å². The maximum atomic E-state index is 14.6. The predicted octanol–water partition coefficient (Wildman–Crippen LogP) is 6.92. The number of aliphatic hydroxyl groups is 1. The van der Waals surface area contributed by atoms with Gasteiger partial charge >= 0.3 is 13.7 Å². The number of sulfonamides is 1. The van der Waals surface area contributed by atoms with Crippen molar-refractivity contribution in [3.63, 3.8) is 0 Å². The summed E-state index contributed by atoms with van der Waals surface area (Å²) in [4.78, 5) is 13.4. The molecule has 60 heavy (non-hydrogen) atoms. The Morgan fingerprint density at radius 1 is 0.883 bits per heavy atom. The lowest BCUT2D eigenvalue weighted by atomic mass is 9.98. The number of nitrogens with one attached hydrogen (secondary N) is 1. The van der Waals surface area contributed by atoms with E-state index in [1.165, 1.54) is 23.5 Å². The van der Waals surface area contributed by atoms with Crippen LogP contribution in [0.3, 0.4) is 0 Å². The van der Waals surface area contributed by atoms with Crippen LogP contribution in [-0.2, 0) is 62.2 Å². The van der Waals surface area contributed by atoms with Gasteiger partial charge in [-0.15, -0.1) is 0 Å². The fraction of sp³-hybridized carbons (Fsp3) is 0.432. The van der Waals surface area contributed by atoms with E-state index in [4.69, 9.17) is 32.7 Å². The molecule has 0 aromatic heterocycles. The third-order valence-electron chi connectivity index (χ3n) is 10.6. The molecule has 0 spiro atoms. The minimum atomic E-state index is -4.30. The Balaban J connectivity index is 1.19. The lowest BCUT2D eigenvalue weighted by molar-refractivity contribution is -0.0907. The van der Waals surface area contributed by atoms with Gasteiger partial charge in [0.25, 0.3) is 0 Å². The second kappa shape index (κ2) is 21.1. The molecule has 16 heteroatoms. The molecule has 0 aliphatic carbocycles. The largest absolute Gasteiger partial charge is 0.497 e. The Morgan fingerprint density at radius 2 is 1.47 bits per heavy atom. The zero-order valence-electron chi connectivity index (χ0n) is 34.2. The zero-order valence-corrected chi connectivity index (χ0v) is 35.9. The number of carbonyl (C=O) groups is 1. The second-order valence-electron chi connectivity index (χ2n) is 15.4. The number of rotatable bonds is 22. The summed E-state index contributed by atoms with van der Waals surface area (Å²) in [6, 6.07) is 32.8. The van der Waals surface area contributed by atoms with Gasteiger partial charge in [0, 0.05) is 18.7 Å². The number of benzene rings is 4. The average Bonchev–Trinajstić information content (AvgIpc) is 3.89. The first-order chi connectivity index (χ1) is 28.8. The van der Waals surface area contributed by atoms with Gasteiger partial charge in [-0.1, -0.05) is 91.0 Å². The highest BCUT2D eigenvalue weighted by molar-refractivity contribution is 7.89. The van der Waals surface area contributed by atoms with E-state index in [0.29, 0.717) is 18.8 Å². The molecule has 0 radical (unpaired) electrons. The van der Waals surface area contributed by atoms with E-state index in [9.17, 15) is 22.9 Å². The summed E-state index contributed by atoms with van der Waals surface area (Å²) >= 11 is 0. The van der Waals surface area contributed by atoms with Crippen molar-refractivity contribution >= 4 is 23.7 Å². The monoisotopic (exact) mass is 866 g/mol. The van der Waals surface area contributed by atoms with Crippen LogP contribution in [0.15, 0.2) is 120 Å². The topological polar surface area (TPSA) is 168 Å². The molecule has 2 saturated heterocycles. The molecule has 1 unspecified atom stereocenters.